The summed E-state index contributed by atoms with van der Waals surface area (Å²) < 4.78 is 6.42. The Balaban J connectivity index is 1.94. The molecule has 5 nitrogen and oxygen atoms in total. The van der Waals surface area contributed by atoms with Gasteiger partial charge in [0.1, 0.15) is 11.6 Å². The van der Waals surface area contributed by atoms with Crippen LogP contribution < -0.4 is 10.5 Å². The Morgan fingerprint density at radius 3 is 2.65 bits per heavy atom. The van der Waals surface area contributed by atoms with Crippen molar-refractivity contribution >= 4 is 23.3 Å². The van der Waals surface area contributed by atoms with Gasteiger partial charge in [0.25, 0.3) is 5.91 Å². The van der Waals surface area contributed by atoms with Gasteiger partial charge in [0.05, 0.1) is 0 Å². The predicted molar refractivity (Wildman–Crippen MR) is 64.2 cm³/mol. The summed E-state index contributed by atoms with van der Waals surface area (Å²) in [6.45, 7) is -0.108. The summed E-state index contributed by atoms with van der Waals surface area (Å²) in [4.78, 5) is 11.6. The van der Waals surface area contributed by atoms with Gasteiger partial charge in [-0.1, -0.05) is 11.6 Å². The van der Waals surface area contributed by atoms with Gasteiger partial charge in [0.15, 0.2) is 6.61 Å². The van der Waals surface area contributed by atoms with Gasteiger partial charge in [-0.05, 0) is 24.3 Å². The van der Waals surface area contributed by atoms with Crippen molar-refractivity contribution in [2.75, 3.05) is 12.3 Å². The largest absolute Gasteiger partial charge is 0.484 e. The van der Waals surface area contributed by atoms with Crippen LogP contribution in [0.4, 0.5) is 5.82 Å². The fraction of sp³-hybridized carbons (Fsp3) is 0.0909. The highest BCUT2D eigenvalue weighted by Gasteiger charge is 2.07. The third-order valence-corrected chi connectivity index (χ3v) is 2.29. The SMILES string of the molecule is Nc1ccn(C(=O)COc2ccc(Cl)cc2)n1. The Morgan fingerprint density at radius 1 is 1.35 bits per heavy atom. The topological polar surface area (TPSA) is 70.1 Å². The maximum Gasteiger partial charge on any atom is 0.284 e. The van der Waals surface area contributed by atoms with Crippen LogP contribution in [0.3, 0.4) is 0 Å². The molecule has 0 saturated heterocycles. The van der Waals surface area contributed by atoms with Gasteiger partial charge in [-0.25, -0.2) is 4.68 Å². The molecule has 0 spiro atoms. The molecule has 0 unspecified atom stereocenters. The maximum absolute atomic E-state index is 11.6. The number of hydrogen-bond acceptors (Lipinski definition) is 4. The summed E-state index contributed by atoms with van der Waals surface area (Å²) in [5, 5.41) is 4.40. The second-order valence-electron chi connectivity index (χ2n) is 3.32. The molecule has 0 aliphatic rings. The molecule has 2 rings (SSSR count). The number of rotatable bonds is 3. The molecule has 0 aliphatic carbocycles. The molecule has 0 saturated carbocycles. The van der Waals surface area contributed by atoms with Gasteiger partial charge in [-0.15, -0.1) is 5.10 Å². The summed E-state index contributed by atoms with van der Waals surface area (Å²) >= 11 is 5.72. The quantitative estimate of drug-likeness (QED) is 0.904. The number of nitrogens with zero attached hydrogens (tertiary/aromatic N) is 2. The van der Waals surface area contributed by atoms with Gasteiger partial charge in [0, 0.05) is 17.3 Å². The molecule has 88 valence electrons. The van der Waals surface area contributed by atoms with E-state index in [1.54, 1.807) is 30.3 Å². The van der Waals surface area contributed by atoms with Crippen LogP contribution in [-0.2, 0) is 0 Å². The lowest BCUT2D eigenvalue weighted by Crippen LogP contribution is -2.19. The highest BCUT2D eigenvalue weighted by Crippen LogP contribution is 2.15. The minimum absolute atomic E-state index is 0.108. The van der Waals surface area contributed by atoms with E-state index in [1.165, 1.54) is 6.20 Å². The second kappa shape index (κ2) is 4.88. The summed E-state index contributed by atoms with van der Waals surface area (Å²) in [5.41, 5.74) is 5.40. The third kappa shape index (κ3) is 2.98. The first-order valence-electron chi connectivity index (χ1n) is 4.88. The average molecular weight is 252 g/mol. The first-order chi connectivity index (χ1) is 8.15. The molecule has 1 aromatic carbocycles. The lowest BCUT2D eigenvalue weighted by atomic mass is 10.3. The van der Waals surface area contributed by atoms with E-state index in [0.29, 0.717) is 16.6 Å². The monoisotopic (exact) mass is 251 g/mol. The number of carbonyl (C=O) groups is 1. The van der Waals surface area contributed by atoms with Crippen LogP contribution in [0.25, 0.3) is 0 Å². The van der Waals surface area contributed by atoms with Crippen LogP contribution in [0.2, 0.25) is 5.02 Å². The lowest BCUT2D eigenvalue weighted by molar-refractivity contribution is 0.0821. The van der Waals surface area contributed by atoms with Crippen LogP contribution in [0.5, 0.6) is 5.75 Å². The van der Waals surface area contributed by atoms with Crippen LogP contribution in [-0.4, -0.2) is 22.3 Å². The van der Waals surface area contributed by atoms with E-state index in [2.05, 4.69) is 5.10 Å². The van der Waals surface area contributed by atoms with Gasteiger partial charge in [-0.3, -0.25) is 4.79 Å². The first kappa shape index (κ1) is 11.5. The van der Waals surface area contributed by atoms with Crippen LogP contribution in [0, 0.1) is 0 Å². The highest BCUT2D eigenvalue weighted by molar-refractivity contribution is 6.30. The van der Waals surface area contributed by atoms with E-state index in [4.69, 9.17) is 22.1 Å². The Morgan fingerprint density at radius 2 is 2.06 bits per heavy atom. The van der Waals surface area contributed by atoms with E-state index < -0.39 is 0 Å². The van der Waals surface area contributed by atoms with Gasteiger partial charge < -0.3 is 10.5 Å². The van der Waals surface area contributed by atoms with Crippen molar-refractivity contribution in [2.45, 2.75) is 0 Å². The molecule has 0 atom stereocenters. The molecule has 0 radical (unpaired) electrons. The van der Waals surface area contributed by atoms with Crippen molar-refractivity contribution in [1.29, 1.82) is 0 Å². The highest BCUT2D eigenvalue weighted by atomic mass is 35.5. The molecular formula is C11H10ClN3O2. The molecule has 17 heavy (non-hydrogen) atoms. The number of hydrogen-bond donors (Lipinski definition) is 1. The number of anilines is 1. The molecule has 0 amide bonds. The van der Waals surface area contributed by atoms with Gasteiger partial charge in [-0.2, -0.15) is 0 Å². The Hall–Kier alpha value is -2.01. The summed E-state index contributed by atoms with van der Waals surface area (Å²) in [6, 6.07) is 8.29. The van der Waals surface area contributed by atoms with Crippen molar-refractivity contribution < 1.29 is 9.53 Å². The van der Waals surface area contributed by atoms with Crippen LogP contribution >= 0.6 is 11.6 Å². The number of ether oxygens (including phenoxy) is 1. The molecule has 2 N–H and O–H groups in total. The van der Waals surface area contributed by atoms with E-state index >= 15 is 0 Å². The van der Waals surface area contributed by atoms with Crippen molar-refractivity contribution in [3.63, 3.8) is 0 Å². The molecule has 0 bridgehead atoms. The normalized spacial score (nSPS) is 10.2. The van der Waals surface area contributed by atoms with Crippen molar-refractivity contribution in [3.8, 4) is 5.75 Å². The zero-order valence-electron chi connectivity index (χ0n) is 8.84. The molecule has 0 aliphatic heterocycles. The van der Waals surface area contributed by atoms with Crippen molar-refractivity contribution in [2.24, 2.45) is 0 Å². The summed E-state index contributed by atoms with van der Waals surface area (Å²) in [6.07, 6.45) is 1.49. The standard InChI is InChI=1S/C11H10ClN3O2/c12-8-1-3-9(4-2-8)17-7-11(16)15-6-5-10(13)14-15/h1-6H,7H2,(H2,13,14). The minimum atomic E-state index is -0.295. The number of nitrogens with two attached hydrogens (primary N) is 1. The average Bonchev–Trinajstić information content (AvgIpc) is 2.75. The smallest absolute Gasteiger partial charge is 0.284 e. The lowest BCUT2D eigenvalue weighted by Gasteiger charge is -2.04. The zero-order chi connectivity index (χ0) is 12.3. The Bertz CT molecular complexity index is 522. The molecular weight excluding hydrogens is 242 g/mol. The van der Waals surface area contributed by atoms with Gasteiger partial charge in [0.2, 0.25) is 0 Å². The fourth-order valence-electron chi connectivity index (χ4n) is 1.22. The molecule has 1 heterocycles. The molecule has 6 heteroatoms. The summed E-state index contributed by atoms with van der Waals surface area (Å²) in [5.74, 6) is 0.573. The van der Waals surface area contributed by atoms with Crippen molar-refractivity contribution in [1.82, 2.24) is 9.78 Å². The van der Waals surface area contributed by atoms with E-state index in [-0.39, 0.29) is 12.5 Å². The van der Waals surface area contributed by atoms with E-state index in [9.17, 15) is 4.79 Å². The predicted octanol–water partition coefficient (Wildman–Crippen LogP) is 1.84. The summed E-state index contributed by atoms with van der Waals surface area (Å²) in [7, 11) is 0. The van der Waals surface area contributed by atoms with Crippen molar-refractivity contribution in [3.05, 3.63) is 41.6 Å². The zero-order valence-corrected chi connectivity index (χ0v) is 9.59. The number of carbonyl (C=O) groups excluding carboxylic acids is 1. The molecule has 1 aromatic heterocycles. The number of halogens is 1. The molecule has 2 aromatic rings. The van der Waals surface area contributed by atoms with Gasteiger partial charge >= 0.3 is 0 Å². The number of nitrogen functional groups attached to an aromatic ring is 1. The minimum Gasteiger partial charge on any atom is -0.484 e. The maximum atomic E-state index is 11.6. The second-order valence-corrected chi connectivity index (χ2v) is 3.76. The van der Waals surface area contributed by atoms with Crippen LogP contribution in [0.1, 0.15) is 4.79 Å². The molecule has 0 fully saturated rings. The van der Waals surface area contributed by atoms with E-state index in [0.717, 1.165) is 4.68 Å². The van der Waals surface area contributed by atoms with Crippen LogP contribution in [0.15, 0.2) is 36.5 Å². The first-order valence-corrected chi connectivity index (χ1v) is 5.25. The Kier molecular flexibility index (Phi) is 3.30. The number of aromatic nitrogens is 2. The Labute approximate surface area is 103 Å². The fourth-order valence-corrected chi connectivity index (χ4v) is 1.34. The van der Waals surface area contributed by atoms with E-state index in [1.807, 2.05) is 0 Å². The number of benzene rings is 1. The third-order valence-electron chi connectivity index (χ3n) is 2.04.